The Labute approximate surface area is 254 Å². The second kappa shape index (κ2) is 13.2. The van der Waals surface area contributed by atoms with Gasteiger partial charge in [0.15, 0.2) is 6.10 Å². The number of carbonyl (C=O) groups is 3. The van der Waals surface area contributed by atoms with E-state index in [-0.39, 0.29) is 18.2 Å². The molecule has 1 aliphatic rings. The van der Waals surface area contributed by atoms with Crippen LogP contribution in [0.2, 0.25) is 0 Å². The molecule has 3 N–H and O–H groups in total. The molecule has 1 heterocycles. The lowest BCUT2D eigenvalue weighted by Crippen LogP contribution is -2.58. The quantitative estimate of drug-likeness (QED) is 0.314. The third-order valence-corrected chi connectivity index (χ3v) is 9.73. The number of rotatable bonds is 9. The third-order valence-electron chi connectivity index (χ3n) is 7.46. The fourth-order valence-electron chi connectivity index (χ4n) is 4.99. The van der Waals surface area contributed by atoms with Crippen LogP contribution in [0.3, 0.4) is 0 Å². The molecule has 1 fully saturated rings. The van der Waals surface area contributed by atoms with Crippen molar-refractivity contribution in [1.29, 1.82) is 0 Å². The molecule has 0 spiro atoms. The maximum atomic E-state index is 13.8. The number of halogens is 1. The van der Waals surface area contributed by atoms with Crippen LogP contribution in [0.15, 0.2) is 77.3 Å². The van der Waals surface area contributed by atoms with E-state index in [0.717, 1.165) is 26.7 Å². The van der Waals surface area contributed by atoms with Gasteiger partial charge >= 0.3 is 0 Å². The molecule has 0 aliphatic carbocycles. The van der Waals surface area contributed by atoms with Crippen molar-refractivity contribution >= 4 is 45.4 Å². The molecule has 0 bridgehead atoms. The fraction of sp³-hybridized carbons (Fsp3) is 0.344. The minimum absolute atomic E-state index is 0.240. The second-order valence-electron chi connectivity index (χ2n) is 10.9. The number of aryl methyl sites for hydroxylation is 2. The van der Waals surface area contributed by atoms with Crippen molar-refractivity contribution in [2.45, 2.75) is 63.6 Å². The molecule has 3 atom stereocenters. The first-order valence-corrected chi connectivity index (χ1v) is 15.3. The summed E-state index contributed by atoms with van der Waals surface area (Å²) in [4.78, 5) is 42.0. The van der Waals surface area contributed by atoms with Gasteiger partial charge in [-0.25, -0.2) is 0 Å². The number of aliphatic hydroxyl groups is 1. The fourth-order valence-corrected chi connectivity index (χ4v) is 6.38. The van der Waals surface area contributed by atoms with Crippen molar-refractivity contribution in [2.75, 3.05) is 5.88 Å². The zero-order chi connectivity index (χ0) is 29.7. The van der Waals surface area contributed by atoms with Gasteiger partial charge in [-0.3, -0.25) is 14.4 Å². The summed E-state index contributed by atoms with van der Waals surface area (Å²) in [6.07, 6.45) is -1.32. The Morgan fingerprint density at radius 3 is 2.39 bits per heavy atom. The van der Waals surface area contributed by atoms with E-state index < -0.39 is 34.7 Å². The molecule has 1 aliphatic heterocycles. The van der Waals surface area contributed by atoms with Crippen LogP contribution in [-0.4, -0.2) is 56.5 Å². The van der Waals surface area contributed by atoms with Crippen LogP contribution in [0.4, 0.5) is 0 Å². The van der Waals surface area contributed by atoms with Crippen LogP contribution in [-0.2, 0) is 22.6 Å². The molecule has 9 heteroatoms. The molecule has 7 nitrogen and oxygen atoms in total. The number of carbonyl (C=O) groups excluding carboxylic acids is 3. The average Bonchev–Trinajstić information content (AvgIpc) is 3.28. The summed E-state index contributed by atoms with van der Waals surface area (Å²) in [6.45, 7) is 8.06. The largest absolute Gasteiger partial charge is 0.381 e. The van der Waals surface area contributed by atoms with E-state index in [2.05, 4.69) is 26.6 Å². The number of benzene rings is 3. The zero-order valence-corrected chi connectivity index (χ0v) is 26.1. The summed E-state index contributed by atoms with van der Waals surface area (Å²) in [5.74, 6) is -1.01. The lowest BCUT2D eigenvalue weighted by atomic mass is 9.96. The van der Waals surface area contributed by atoms with Gasteiger partial charge in [0.1, 0.15) is 6.04 Å². The van der Waals surface area contributed by atoms with Gasteiger partial charge < -0.3 is 20.6 Å². The van der Waals surface area contributed by atoms with Crippen molar-refractivity contribution in [3.63, 3.8) is 0 Å². The Kier molecular flexibility index (Phi) is 9.94. The van der Waals surface area contributed by atoms with Crippen LogP contribution >= 0.6 is 27.7 Å². The van der Waals surface area contributed by atoms with Crippen LogP contribution in [0.1, 0.15) is 46.5 Å². The van der Waals surface area contributed by atoms with E-state index in [1.807, 2.05) is 82.3 Å². The predicted molar refractivity (Wildman–Crippen MR) is 166 cm³/mol. The van der Waals surface area contributed by atoms with E-state index >= 15 is 0 Å². The maximum Gasteiger partial charge on any atom is 0.254 e. The smallest absolute Gasteiger partial charge is 0.254 e. The Hall–Kier alpha value is -3.14. The van der Waals surface area contributed by atoms with Crippen molar-refractivity contribution in [2.24, 2.45) is 0 Å². The molecular weight excluding hydrogens is 602 g/mol. The summed E-state index contributed by atoms with van der Waals surface area (Å²) < 4.78 is 0.309. The molecule has 216 valence electrons. The standard InChI is InChI=1S/C32H36BrN3O4S/c1-20-10-8-9-13-24(20)18-34-30(39)28-32(3,4)41-19-36(28)31(40)27(37)26(17-22-11-6-5-7-12-22)35-29(38)23-14-15-25(33)21(2)16-23/h5-16,26-28,37H,17-19H2,1-4H3,(H,34,39)(H,35,38)/t26-,27-,28+/m0/s1. The topological polar surface area (TPSA) is 98.7 Å². The summed E-state index contributed by atoms with van der Waals surface area (Å²) >= 11 is 4.94. The van der Waals surface area contributed by atoms with Gasteiger partial charge in [-0.15, -0.1) is 11.8 Å². The van der Waals surface area contributed by atoms with Crippen LogP contribution in [0.25, 0.3) is 0 Å². The van der Waals surface area contributed by atoms with Gasteiger partial charge in [-0.05, 0) is 74.6 Å². The van der Waals surface area contributed by atoms with Gasteiger partial charge in [0.2, 0.25) is 5.91 Å². The Bertz CT molecular complexity index is 1420. The summed E-state index contributed by atoms with van der Waals surface area (Å²) in [7, 11) is 0. The first-order valence-electron chi connectivity index (χ1n) is 13.5. The zero-order valence-electron chi connectivity index (χ0n) is 23.7. The molecular formula is C32H36BrN3O4S. The lowest BCUT2D eigenvalue weighted by Gasteiger charge is -2.33. The first kappa shape index (κ1) is 30.8. The highest BCUT2D eigenvalue weighted by atomic mass is 79.9. The van der Waals surface area contributed by atoms with Crippen molar-refractivity contribution in [3.8, 4) is 0 Å². The number of amides is 3. The highest BCUT2D eigenvalue weighted by Gasteiger charge is 2.49. The molecule has 0 unspecified atom stereocenters. The number of nitrogens with zero attached hydrogens (tertiary/aromatic N) is 1. The minimum Gasteiger partial charge on any atom is -0.381 e. The molecule has 4 rings (SSSR count). The Morgan fingerprint density at radius 1 is 1.02 bits per heavy atom. The van der Waals surface area contributed by atoms with E-state index in [0.29, 0.717) is 12.1 Å². The molecule has 1 saturated heterocycles. The minimum atomic E-state index is -1.56. The molecule has 0 radical (unpaired) electrons. The second-order valence-corrected chi connectivity index (χ2v) is 13.4. The molecule has 3 amide bonds. The van der Waals surface area contributed by atoms with E-state index in [1.54, 1.807) is 18.2 Å². The van der Waals surface area contributed by atoms with E-state index in [4.69, 9.17) is 0 Å². The van der Waals surface area contributed by atoms with Gasteiger partial charge in [0.25, 0.3) is 11.8 Å². The number of nitrogens with one attached hydrogen (secondary N) is 2. The van der Waals surface area contributed by atoms with Crippen molar-refractivity contribution < 1.29 is 19.5 Å². The van der Waals surface area contributed by atoms with Crippen molar-refractivity contribution in [3.05, 3.63) is 105 Å². The van der Waals surface area contributed by atoms with Crippen LogP contribution < -0.4 is 10.6 Å². The maximum absolute atomic E-state index is 13.8. The van der Waals surface area contributed by atoms with E-state index in [1.165, 1.54) is 16.7 Å². The van der Waals surface area contributed by atoms with E-state index in [9.17, 15) is 19.5 Å². The van der Waals surface area contributed by atoms with Gasteiger partial charge in [-0.2, -0.15) is 0 Å². The molecule has 41 heavy (non-hydrogen) atoms. The summed E-state index contributed by atoms with van der Waals surface area (Å²) in [5.41, 5.74) is 4.24. The average molecular weight is 639 g/mol. The molecule has 3 aromatic carbocycles. The number of thioether (sulfide) groups is 1. The van der Waals surface area contributed by atoms with Gasteiger partial charge in [0.05, 0.1) is 11.9 Å². The number of hydrogen-bond donors (Lipinski definition) is 3. The SMILES string of the molecule is Cc1cc(C(=O)N[C@@H](Cc2ccccc2)[C@H](O)C(=O)N2CSC(C)(C)[C@H]2C(=O)NCc2ccccc2C)ccc1Br. The molecule has 0 saturated carbocycles. The van der Waals surface area contributed by atoms with Crippen LogP contribution in [0, 0.1) is 13.8 Å². The summed E-state index contributed by atoms with van der Waals surface area (Å²) in [6, 6.07) is 20.7. The number of hydrogen-bond acceptors (Lipinski definition) is 5. The molecule has 0 aromatic heterocycles. The highest BCUT2D eigenvalue weighted by Crippen LogP contribution is 2.40. The van der Waals surface area contributed by atoms with Crippen molar-refractivity contribution in [1.82, 2.24) is 15.5 Å². The molecule has 3 aromatic rings. The Morgan fingerprint density at radius 2 is 1.71 bits per heavy atom. The van der Waals surface area contributed by atoms with Gasteiger partial charge in [0, 0.05) is 21.3 Å². The Balaban J connectivity index is 1.55. The monoisotopic (exact) mass is 637 g/mol. The predicted octanol–water partition coefficient (Wildman–Crippen LogP) is 4.76. The highest BCUT2D eigenvalue weighted by molar-refractivity contribution is 9.10. The lowest BCUT2D eigenvalue weighted by molar-refractivity contribution is -0.147. The summed E-state index contributed by atoms with van der Waals surface area (Å²) in [5, 5.41) is 17.3. The first-order chi connectivity index (χ1) is 19.5. The normalized spacial score (nSPS) is 17.5. The van der Waals surface area contributed by atoms with Crippen LogP contribution in [0.5, 0.6) is 0 Å². The third kappa shape index (κ3) is 7.39. The van der Waals surface area contributed by atoms with Gasteiger partial charge in [-0.1, -0.05) is 70.5 Å². The number of aliphatic hydroxyl groups excluding tert-OH is 1.